The summed E-state index contributed by atoms with van der Waals surface area (Å²) in [6.07, 6.45) is 1.59. The molecule has 66 valence electrons. The predicted molar refractivity (Wildman–Crippen MR) is 40.7 cm³/mol. The zero-order valence-electron chi connectivity index (χ0n) is 7.27. The number of carbonyl (C=O) groups excluding carboxylic acids is 1. The first kappa shape index (κ1) is 11.4. The topological polar surface area (TPSA) is 17.1 Å². The molecule has 0 spiro atoms. The van der Waals surface area contributed by atoms with E-state index in [-0.39, 0.29) is 24.0 Å². The molecule has 0 aliphatic carbocycles. The number of ketones is 1. The molecule has 0 aromatic heterocycles. The van der Waals surface area contributed by atoms with Crippen molar-refractivity contribution in [2.45, 2.75) is 19.8 Å². The fourth-order valence-corrected chi connectivity index (χ4v) is 1.34. The third-order valence-corrected chi connectivity index (χ3v) is 2.62. The molecular weight excluding hydrogens is 253 g/mol. The summed E-state index contributed by atoms with van der Waals surface area (Å²) >= 11 is 0. The minimum absolute atomic E-state index is 0. The molecular formula is C8H16INO. The van der Waals surface area contributed by atoms with E-state index in [4.69, 9.17) is 0 Å². The molecule has 0 unspecified atom stereocenters. The van der Waals surface area contributed by atoms with Gasteiger partial charge in [0.15, 0.2) is 0 Å². The summed E-state index contributed by atoms with van der Waals surface area (Å²) in [5, 5.41) is 0. The summed E-state index contributed by atoms with van der Waals surface area (Å²) in [5.74, 6) is 0.448. The van der Waals surface area contributed by atoms with Crippen LogP contribution in [0, 0.1) is 0 Å². The van der Waals surface area contributed by atoms with Crippen molar-refractivity contribution in [3.8, 4) is 0 Å². The molecule has 11 heavy (non-hydrogen) atoms. The molecule has 0 radical (unpaired) electrons. The second kappa shape index (κ2) is 4.40. The van der Waals surface area contributed by atoms with Crippen LogP contribution in [0.2, 0.25) is 0 Å². The zero-order valence-corrected chi connectivity index (χ0v) is 9.43. The van der Waals surface area contributed by atoms with Gasteiger partial charge in [-0.15, -0.1) is 0 Å². The molecule has 0 atom stereocenters. The Morgan fingerprint density at radius 1 is 1.36 bits per heavy atom. The van der Waals surface area contributed by atoms with Crippen LogP contribution in [0.15, 0.2) is 0 Å². The maximum Gasteiger partial charge on any atom is 0.144 e. The summed E-state index contributed by atoms with van der Waals surface area (Å²) in [5.41, 5.74) is 0. The van der Waals surface area contributed by atoms with Crippen LogP contribution >= 0.6 is 0 Å². The fraction of sp³-hybridized carbons (Fsp3) is 0.875. The van der Waals surface area contributed by atoms with Crippen molar-refractivity contribution < 1.29 is 33.3 Å². The number of piperidine rings is 1. The number of likely N-dealkylation sites (tertiary alicyclic amines) is 1. The summed E-state index contributed by atoms with van der Waals surface area (Å²) < 4.78 is 1.09. The Bertz CT molecular complexity index is 137. The summed E-state index contributed by atoms with van der Waals surface area (Å²) in [6, 6.07) is 0. The summed E-state index contributed by atoms with van der Waals surface area (Å²) in [7, 11) is 2.23. The van der Waals surface area contributed by atoms with Crippen LogP contribution in [-0.2, 0) is 4.79 Å². The van der Waals surface area contributed by atoms with Gasteiger partial charge in [0.1, 0.15) is 5.78 Å². The number of carbonyl (C=O) groups is 1. The van der Waals surface area contributed by atoms with Crippen LogP contribution in [0.25, 0.3) is 0 Å². The molecule has 0 bridgehead atoms. The van der Waals surface area contributed by atoms with Crippen LogP contribution in [0.3, 0.4) is 0 Å². The minimum Gasteiger partial charge on any atom is -1.00 e. The zero-order chi connectivity index (χ0) is 7.61. The van der Waals surface area contributed by atoms with Crippen molar-refractivity contribution in [1.82, 2.24) is 0 Å². The first-order valence-electron chi connectivity index (χ1n) is 4.01. The van der Waals surface area contributed by atoms with Gasteiger partial charge in [-0.05, 0) is 6.92 Å². The van der Waals surface area contributed by atoms with E-state index in [9.17, 15) is 4.79 Å². The molecule has 1 heterocycles. The SMILES string of the molecule is CC[N+]1(C)CCC(=O)CC1.[I-]. The van der Waals surface area contributed by atoms with E-state index in [1.165, 1.54) is 0 Å². The normalized spacial score (nSPS) is 22.5. The third kappa shape index (κ3) is 3.07. The quantitative estimate of drug-likeness (QED) is 0.391. The van der Waals surface area contributed by atoms with Crippen molar-refractivity contribution in [2.24, 2.45) is 0 Å². The van der Waals surface area contributed by atoms with Gasteiger partial charge in [0.05, 0.1) is 39.5 Å². The third-order valence-electron chi connectivity index (χ3n) is 2.62. The van der Waals surface area contributed by atoms with Crippen LogP contribution in [0.4, 0.5) is 0 Å². The van der Waals surface area contributed by atoms with Gasteiger partial charge >= 0.3 is 0 Å². The maximum atomic E-state index is 10.9. The lowest BCUT2D eigenvalue weighted by molar-refractivity contribution is -0.909. The van der Waals surface area contributed by atoms with E-state index >= 15 is 0 Å². The van der Waals surface area contributed by atoms with Crippen LogP contribution in [0.5, 0.6) is 0 Å². The Kier molecular flexibility index (Phi) is 4.55. The van der Waals surface area contributed by atoms with Crippen LogP contribution in [0.1, 0.15) is 19.8 Å². The molecule has 1 fully saturated rings. The number of quaternary nitrogens is 1. The molecule has 0 aromatic carbocycles. The Morgan fingerprint density at radius 2 is 1.82 bits per heavy atom. The molecule has 1 aliphatic rings. The fourth-order valence-electron chi connectivity index (χ4n) is 1.34. The largest absolute Gasteiger partial charge is 1.00 e. The molecule has 1 saturated heterocycles. The van der Waals surface area contributed by atoms with E-state index in [0.717, 1.165) is 37.0 Å². The highest BCUT2D eigenvalue weighted by Crippen LogP contribution is 2.12. The van der Waals surface area contributed by atoms with E-state index in [1.54, 1.807) is 0 Å². The molecule has 1 aliphatic heterocycles. The number of hydrogen-bond acceptors (Lipinski definition) is 1. The van der Waals surface area contributed by atoms with Gasteiger partial charge < -0.3 is 28.5 Å². The van der Waals surface area contributed by atoms with E-state index in [1.807, 2.05) is 0 Å². The Morgan fingerprint density at radius 3 is 2.18 bits per heavy atom. The highest BCUT2D eigenvalue weighted by molar-refractivity contribution is 5.78. The molecule has 0 N–H and O–H groups in total. The average Bonchev–Trinajstić information content (AvgIpc) is 1.96. The Hall–Kier alpha value is 0.360. The number of Topliss-reactive ketones (excluding diaryl/α,β-unsaturated/α-hetero) is 1. The van der Waals surface area contributed by atoms with E-state index < -0.39 is 0 Å². The molecule has 0 aromatic rings. The van der Waals surface area contributed by atoms with Gasteiger partial charge in [0.2, 0.25) is 0 Å². The smallest absolute Gasteiger partial charge is 0.144 e. The summed E-state index contributed by atoms with van der Waals surface area (Å²) in [4.78, 5) is 10.9. The van der Waals surface area contributed by atoms with E-state index in [2.05, 4.69) is 14.0 Å². The van der Waals surface area contributed by atoms with Gasteiger partial charge in [-0.2, -0.15) is 0 Å². The van der Waals surface area contributed by atoms with E-state index in [0.29, 0.717) is 5.78 Å². The van der Waals surface area contributed by atoms with Crippen LogP contribution < -0.4 is 24.0 Å². The number of nitrogens with zero attached hydrogens (tertiary/aromatic N) is 1. The molecule has 0 saturated carbocycles. The highest BCUT2D eigenvalue weighted by Gasteiger charge is 2.26. The van der Waals surface area contributed by atoms with Gasteiger partial charge in [0.25, 0.3) is 0 Å². The average molecular weight is 269 g/mol. The second-order valence-corrected chi connectivity index (χ2v) is 3.42. The van der Waals surface area contributed by atoms with Crippen molar-refractivity contribution in [1.29, 1.82) is 0 Å². The molecule has 3 heteroatoms. The minimum atomic E-state index is 0. The maximum absolute atomic E-state index is 10.9. The lowest BCUT2D eigenvalue weighted by Gasteiger charge is -2.36. The molecule has 2 nitrogen and oxygen atoms in total. The van der Waals surface area contributed by atoms with Gasteiger partial charge in [0, 0.05) is 0 Å². The monoisotopic (exact) mass is 269 g/mol. The summed E-state index contributed by atoms with van der Waals surface area (Å²) in [6.45, 7) is 5.45. The number of halogens is 1. The van der Waals surface area contributed by atoms with Crippen molar-refractivity contribution in [3.05, 3.63) is 0 Å². The van der Waals surface area contributed by atoms with Gasteiger partial charge in [-0.3, -0.25) is 4.79 Å². The standard InChI is InChI=1S/C8H16NO.HI/c1-3-9(2)6-4-8(10)5-7-9;/h3-7H2,1-2H3;1H/q+1;/p-1. The number of hydrogen-bond donors (Lipinski definition) is 0. The Labute approximate surface area is 85.6 Å². The Balaban J connectivity index is 0.000001000. The first-order chi connectivity index (χ1) is 4.66. The lowest BCUT2D eigenvalue weighted by Crippen LogP contribution is -3.00. The van der Waals surface area contributed by atoms with Crippen LogP contribution in [-0.4, -0.2) is 36.9 Å². The van der Waals surface area contributed by atoms with Gasteiger partial charge in [-0.1, -0.05) is 0 Å². The van der Waals surface area contributed by atoms with Crippen molar-refractivity contribution in [2.75, 3.05) is 26.7 Å². The first-order valence-corrected chi connectivity index (χ1v) is 4.01. The number of rotatable bonds is 1. The van der Waals surface area contributed by atoms with Gasteiger partial charge in [-0.25, -0.2) is 0 Å². The second-order valence-electron chi connectivity index (χ2n) is 3.42. The predicted octanol–water partition coefficient (Wildman–Crippen LogP) is -2.18. The highest BCUT2D eigenvalue weighted by atomic mass is 127. The van der Waals surface area contributed by atoms with Crippen molar-refractivity contribution in [3.63, 3.8) is 0 Å². The molecule has 0 amide bonds. The molecule has 1 rings (SSSR count). The lowest BCUT2D eigenvalue weighted by atomic mass is 10.1. The van der Waals surface area contributed by atoms with Crippen molar-refractivity contribution >= 4 is 5.78 Å².